The highest BCUT2D eigenvalue weighted by atomic mass is 79.9. The van der Waals surface area contributed by atoms with E-state index in [1.54, 1.807) is 0 Å². The quantitative estimate of drug-likeness (QED) is 0.763. The molecular formula is C14H17BrClNO. The van der Waals surface area contributed by atoms with Crippen LogP contribution in [0.1, 0.15) is 35.2 Å². The van der Waals surface area contributed by atoms with Gasteiger partial charge in [0.25, 0.3) is 5.91 Å². The number of hydrogen-bond acceptors (Lipinski definition) is 1. The number of alkyl halides is 1. The highest BCUT2D eigenvalue weighted by Crippen LogP contribution is 2.28. The summed E-state index contributed by atoms with van der Waals surface area (Å²) < 4.78 is 0. The predicted molar refractivity (Wildman–Crippen MR) is 78.7 cm³/mol. The summed E-state index contributed by atoms with van der Waals surface area (Å²) in [6.07, 6.45) is 3.45. The highest BCUT2D eigenvalue weighted by molar-refractivity contribution is 9.09. The Morgan fingerprint density at radius 1 is 1.50 bits per heavy atom. The smallest absolute Gasteiger partial charge is 0.255 e. The van der Waals surface area contributed by atoms with Crippen LogP contribution in [0.4, 0.5) is 0 Å². The Bertz CT molecular complexity index is 445. The molecule has 1 fully saturated rings. The van der Waals surface area contributed by atoms with Crippen molar-refractivity contribution in [3.05, 3.63) is 34.3 Å². The van der Waals surface area contributed by atoms with Crippen molar-refractivity contribution in [2.24, 2.45) is 0 Å². The minimum Gasteiger partial charge on any atom is -0.335 e. The largest absolute Gasteiger partial charge is 0.335 e. The molecule has 1 aliphatic carbocycles. The first-order chi connectivity index (χ1) is 8.65. The van der Waals surface area contributed by atoms with Gasteiger partial charge in [-0.15, -0.1) is 0 Å². The monoisotopic (exact) mass is 329 g/mol. The minimum absolute atomic E-state index is 0.0628. The number of aryl methyl sites for hydroxylation is 1. The first-order valence-electron chi connectivity index (χ1n) is 6.27. The second-order valence-electron chi connectivity index (χ2n) is 4.71. The fourth-order valence-electron chi connectivity index (χ4n) is 2.21. The maximum atomic E-state index is 12.6. The third-order valence-electron chi connectivity index (χ3n) is 3.52. The predicted octanol–water partition coefficient (Wildman–Crippen LogP) is 4.04. The molecule has 0 spiro atoms. The van der Waals surface area contributed by atoms with E-state index in [1.165, 1.54) is 6.42 Å². The Balaban J connectivity index is 2.24. The minimum atomic E-state index is 0.0628. The zero-order valence-corrected chi connectivity index (χ0v) is 12.8. The molecule has 1 aromatic carbocycles. The van der Waals surface area contributed by atoms with Crippen LogP contribution in [0.15, 0.2) is 18.2 Å². The summed E-state index contributed by atoms with van der Waals surface area (Å²) in [6, 6.07) is 6.03. The van der Waals surface area contributed by atoms with Gasteiger partial charge in [0.15, 0.2) is 0 Å². The fraction of sp³-hybridized carbons (Fsp3) is 0.500. The molecule has 0 atom stereocenters. The lowest BCUT2D eigenvalue weighted by Crippen LogP contribution is -2.45. The molecule has 1 aliphatic rings. The maximum absolute atomic E-state index is 12.6. The zero-order valence-electron chi connectivity index (χ0n) is 10.5. The second kappa shape index (κ2) is 6.07. The van der Waals surface area contributed by atoms with Crippen LogP contribution in [-0.4, -0.2) is 28.7 Å². The van der Waals surface area contributed by atoms with E-state index < -0.39 is 0 Å². The van der Waals surface area contributed by atoms with Crippen molar-refractivity contribution in [2.45, 2.75) is 32.2 Å². The summed E-state index contributed by atoms with van der Waals surface area (Å²) >= 11 is 9.66. The molecule has 1 amide bonds. The van der Waals surface area contributed by atoms with Crippen molar-refractivity contribution < 1.29 is 4.79 Å². The van der Waals surface area contributed by atoms with Crippen molar-refractivity contribution in [1.82, 2.24) is 4.90 Å². The van der Waals surface area contributed by atoms with Gasteiger partial charge in [0.1, 0.15) is 0 Å². The van der Waals surface area contributed by atoms with Crippen molar-refractivity contribution in [1.29, 1.82) is 0 Å². The summed E-state index contributed by atoms with van der Waals surface area (Å²) in [5.41, 5.74) is 1.58. The lowest BCUT2D eigenvalue weighted by Gasteiger charge is -2.37. The number of benzene rings is 1. The van der Waals surface area contributed by atoms with Gasteiger partial charge in [-0.05, 0) is 37.8 Å². The number of carbonyl (C=O) groups excluding carboxylic acids is 1. The number of carbonyl (C=O) groups is 1. The standard InChI is InChI=1S/C14H17BrClNO/c1-10-4-2-7-12(13(10)16)14(18)17(9-8-15)11-5-3-6-11/h2,4,7,11H,3,5-6,8-9H2,1H3. The number of hydrogen-bond donors (Lipinski definition) is 0. The molecule has 0 aromatic heterocycles. The molecule has 0 N–H and O–H groups in total. The molecule has 4 heteroatoms. The normalized spacial score (nSPS) is 15.3. The molecule has 18 heavy (non-hydrogen) atoms. The summed E-state index contributed by atoms with van der Waals surface area (Å²) in [7, 11) is 0. The molecule has 2 nitrogen and oxygen atoms in total. The van der Waals surface area contributed by atoms with E-state index in [4.69, 9.17) is 11.6 Å². The number of rotatable bonds is 4. The molecule has 0 radical (unpaired) electrons. The van der Waals surface area contributed by atoms with Gasteiger partial charge < -0.3 is 4.90 Å². The summed E-state index contributed by atoms with van der Waals surface area (Å²) in [5, 5.41) is 1.39. The fourth-order valence-corrected chi connectivity index (χ4v) is 2.80. The van der Waals surface area contributed by atoms with E-state index in [0.717, 1.165) is 30.3 Å². The zero-order chi connectivity index (χ0) is 13.1. The van der Waals surface area contributed by atoms with Crippen molar-refractivity contribution in [2.75, 3.05) is 11.9 Å². The summed E-state index contributed by atoms with van der Waals surface area (Å²) in [6.45, 7) is 2.67. The van der Waals surface area contributed by atoms with Crippen LogP contribution in [-0.2, 0) is 0 Å². The van der Waals surface area contributed by atoms with Crippen molar-refractivity contribution in [3.8, 4) is 0 Å². The number of halogens is 2. The lowest BCUT2D eigenvalue weighted by atomic mass is 9.91. The first kappa shape index (κ1) is 13.9. The second-order valence-corrected chi connectivity index (χ2v) is 5.88. The van der Waals surface area contributed by atoms with Gasteiger partial charge >= 0.3 is 0 Å². The molecule has 98 valence electrons. The van der Waals surface area contributed by atoms with Gasteiger partial charge in [-0.25, -0.2) is 0 Å². The van der Waals surface area contributed by atoms with Crippen LogP contribution in [0.2, 0.25) is 5.02 Å². The van der Waals surface area contributed by atoms with Crippen LogP contribution < -0.4 is 0 Å². The molecular weight excluding hydrogens is 314 g/mol. The van der Waals surface area contributed by atoms with E-state index >= 15 is 0 Å². The third kappa shape index (κ3) is 2.72. The van der Waals surface area contributed by atoms with Crippen LogP contribution >= 0.6 is 27.5 Å². The van der Waals surface area contributed by atoms with E-state index in [1.807, 2.05) is 30.0 Å². The molecule has 2 rings (SSSR count). The van der Waals surface area contributed by atoms with Crippen LogP contribution in [0.25, 0.3) is 0 Å². The van der Waals surface area contributed by atoms with Crippen molar-refractivity contribution in [3.63, 3.8) is 0 Å². The molecule has 0 saturated heterocycles. The SMILES string of the molecule is Cc1cccc(C(=O)N(CCBr)C2CCC2)c1Cl. The molecule has 0 aliphatic heterocycles. The Hall–Kier alpha value is -0.540. The summed E-state index contributed by atoms with van der Waals surface area (Å²) in [4.78, 5) is 14.5. The van der Waals surface area contributed by atoms with Gasteiger partial charge in [0.05, 0.1) is 10.6 Å². The van der Waals surface area contributed by atoms with Gasteiger partial charge in [0.2, 0.25) is 0 Å². The van der Waals surface area contributed by atoms with E-state index in [2.05, 4.69) is 15.9 Å². The van der Waals surface area contributed by atoms with Crippen LogP contribution in [0, 0.1) is 6.92 Å². The molecule has 0 heterocycles. The average molecular weight is 331 g/mol. The molecule has 0 bridgehead atoms. The topological polar surface area (TPSA) is 20.3 Å². The summed E-state index contributed by atoms with van der Waals surface area (Å²) in [5.74, 6) is 0.0628. The van der Waals surface area contributed by atoms with E-state index in [-0.39, 0.29) is 5.91 Å². The third-order valence-corrected chi connectivity index (χ3v) is 4.38. The Kier molecular flexibility index (Phi) is 4.68. The first-order valence-corrected chi connectivity index (χ1v) is 7.77. The Morgan fingerprint density at radius 3 is 2.78 bits per heavy atom. The van der Waals surface area contributed by atoms with E-state index in [9.17, 15) is 4.79 Å². The Labute approximate surface area is 121 Å². The van der Waals surface area contributed by atoms with E-state index in [0.29, 0.717) is 16.6 Å². The lowest BCUT2D eigenvalue weighted by molar-refractivity contribution is 0.0599. The van der Waals surface area contributed by atoms with Gasteiger partial charge in [-0.2, -0.15) is 0 Å². The average Bonchev–Trinajstić information content (AvgIpc) is 2.29. The van der Waals surface area contributed by atoms with Gasteiger partial charge in [-0.3, -0.25) is 4.79 Å². The van der Waals surface area contributed by atoms with Crippen molar-refractivity contribution >= 4 is 33.4 Å². The number of nitrogens with zero attached hydrogens (tertiary/aromatic N) is 1. The molecule has 1 saturated carbocycles. The Morgan fingerprint density at radius 2 is 2.22 bits per heavy atom. The molecule has 0 unspecified atom stereocenters. The molecule has 1 aromatic rings. The van der Waals surface area contributed by atoms with Crippen LogP contribution in [0.5, 0.6) is 0 Å². The highest BCUT2D eigenvalue weighted by Gasteiger charge is 2.29. The maximum Gasteiger partial charge on any atom is 0.255 e. The van der Waals surface area contributed by atoms with Gasteiger partial charge in [0, 0.05) is 17.9 Å². The van der Waals surface area contributed by atoms with Crippen LogP contribution in [0.3, 0.4) is 0 Å². The van der Waals surface area contributed by atoms with Gasteiger partial charge in [-0.1, -0.05) is 39.7 Å². The number of amides is 1.